The first-order valence-corrected chi connectivity index (χ1v) is 11.9. The van der Waals surface area contributed by atoms with Gasteiger partial charge in [-0.1, -0.05) is 25.0 Å². The van der Waals surface area contributed by atoms with Crippen LogP contribution in [0, 0.1) is 17.8 Å². The number of rotatable bonds is 5. The van der Waals surface area contributed by atoms with E-state index >= 15 is 0 Å². The summed E-state index contributed by atoms with van der Waals surface area (Å²) < 4.78 is 1.76. The molecule has 0 saturated heterocycles. The van der Waals surface area contributed by atoms with Crippen molar-refractivity contribution in [2.75, 3.05) is 10.6 Å². The average molecular weight is 474 g/mol. The SMILES string of the molecule is C[C@H](c1ccc(Nc2ncnc3ccc(NC(=O)C#CC4CC4)cc23)cc1)c1ccn2ncnc2c1. The molecule has 1 fully saturated rings. The zero-order valence-electron chi connectivity index (χ0n) is 19.6. The standard InChI is InChI=1S/C28H23N7O/c1-18(21-12-13-35-26(14-21)30-17-32-35)20-5-7-22(8-6-20)34-28-24-15-23(9-10-25(24)29-16-31-28)33-27(36)11-4-19-2-3-19/h5-10,12-19H,2-3H2,1H3,(H,33,36)(H,29,31,34)/t18-/m1/s1. The van der Waals surface area contributed by atoms with Gasteiger partial charge in [-0.2, -0.15) is 5.10 Å². The second-order valence-corrected chi connectivity index (χ2v) is 8.94. The fourth-order valence-corrected chi connectivity index (χ4v) is 4.08. The lowest BCUT2D eigenvalue weighted by molar-refractivity contribution is -0.111. The number of nitrogens with zero attached hydrogens (tertiary/aromatic N) is 5. The fraction of sp³-hybridized carbons (Fsp3) is 0.179. The van der Waals surface area contributed by atoms with Gasteiger partial charge in [-0.3, -0.25) is 4.79 Å². The van der Waals surface area contributed by atoms with Crippen molar-refractivity contribution in [3.63, 3.8) is 0 Å². The summed E-state index contributed by atoms with van der Waals surface area (Å²) >= 11 is 0. The Morgan fingerprint density at radius 2 is 1.81 bits per heavy atom. The van der Waals surface area contributed by atoms with Gasteiger partial charge in [0.1, 0.15) is 18.5 Å². The number of nitrogens with one attached hydrogen (secondary N) is 2. The van der Waals surface area contributed by atoms with E-state index in [1.165, 1.54) is 17.5 Å². The Labute approximate surface area is 207 Å². The quantitative estimate of drug-likeness (QED) is 0.352. The molecule has 1 aliphatic carbocycles. The average Bonchev–Trinajstić information content (AvgIpc) is 3.62. The van der Waals surface area contributed by atoms with Crippen molar-refractivity contribution in [1.29, 1.82) is 0 Å². The van der Waals surface area contributed by atoms with Gasteiger partial charge in [-0.25, -0.2) is 19.5 Å². The topological polar surface area (TPSA) is 97.1 Å². The van der Waals surface area contributed by atoms with Crippen LogP contribution in [0.1, 0.15) is 36.8 Å². The minimum atomic E-state index is -0.305. The van der Waals surface area contributed by atoms with Gasteiger partial charge in [0.25, 0.3) is 5.91 Å². The molecule has 176 valence electrons. The van der Waals surface area contributed by atoms with Crippen LogP contribution in [0.25, 0.3) is 16.6 Å². The molecule has 2 N–H and O–H groups in total. The predicted octanol–water partition coefficient (Wildman–Crippen LogP) is 4.92. The van der Waals surface area contributed by atoms with E-state index in [1.54, 1.807) is 10.8 Å². The number of pyridine rings is 1. The normalized spacial score (nSPS) is 13.7. The number of carbonyl (C=O) groups is 1. The maximum Gasteiger partial charge on any atom is 0.300 e. The van der Waals surface area contributed by atoms with Crippen molar-refractivity contribution in [2.45, 2.75) is 25.7 Å². The molecule has 0 bridgehead atoms. The molecule has 1 amide bonds. The summed E-state index contributed by atoms with van der Waals surface area (Å²) in [6.45, 7) is 2.17. The molecule has 1 aliphatic rings. The molecule has 1 atom stereocenters. The minimum absolute atomic E-state index is 0.204. The number of anilines is 3. The van der Waals surface area contributed by atoms with Crippen molar-refractivity contribution in [1.82, 2.24) is 24.6 Å². The summed E-state index contributed by atoms with van der Waals surface area (Å²) in [7, 11) is 0. The molecule has 8 heteroatoms. The lowest BCUT2D eigenvalue weighted by Crippen LogP contribution is -2.08. The molecule has 3 heterocycles. The third-order valence-electron chi connectivity index (χ3n) is 6.34. The fourth-order valence-electron chi connectivity index (χ4n) is 4.08. The first-order chi connectivity index (χ1) is 17.6. The van der Waals surface area contributed by atoms with Crippen LogP contribution < -0.4 is 10.6 Å². The van der Waals surface area contributed by atoms with Crippen molar-refractivity contribution in [3.8, 4) is 11.8 Å². The van der Waals surface area contributed by atoms with Crippen molar-refractivity contribution in [2.24, 2.45) is 5.92 Å². The number of fused-ring (bicyclic) bond motifs is 2. The van der Waals surface area contributed by atoms with Gasteiger partial charge in [-0.05, 0) is 72.4 Å². The van der Waals surface area contributed by atoms with E-state index < -0.39 is 0 Å². The molecular weight excluding hydrogens is 450 g/mol. The van der Waals surface area contributed by atoms with Crippen molar-refractivity contribution < 1.29 is 4.79 Å². The monoisotopic (exact) mass is 473 g/mol. The molecule has 6 rings (SSSR count). The summed E-state index contributed by atoms with van der Waals surface area (Å²) in [4.78, 5) is 25.2. The Hall–Kier alpha value is -4.77. The summed E-state index contributed by atoms with van der Waals surface area (Å²) in [5.41, 5.74) is 5.54. The molecule has 0 aliphatic heterocycles. The van der Waals surface area contributed by atoms with Gasteiger partial charge in [0.05, 0.1) is 5.52 Å². The third kappa shape index (κ3) is 4.59. The highest BCUT2D eigenvalue weighted by atomic mass is 16.1. The maximum atomic E-state index is 12.2. The summed E-state index contributed by atoms with van der Waals surface area (Å²) in [6.07, 6.45) is 7.19. The number of hydrogen-bond acceptors (Lipinski definition) is 6. The molecule has 0 unspecified atom stereocenters. The molecule has 3 aromatic heterocycles. The number of hydrogen-bond donors (Lipinski definition) is 2. The summed E-state index contributed by atoms with van der Waals surface area (Å²) in [6, 6.07) is 18.0. The highest BCUT2D eigenvalue weighted by Crippen LogP contribution is 2.29. The van der Waals surface area contributed by atoms with Crippen LogP contribution >= 0.6 is 0 Å². The highest BCUT2D eigenvalue weighted by molar-refractivity contribution is 6.05. The van der Waals surface area contributed by atoms with Gasteiger partial charge in [0, 0.05) is 34.8 Å². The van der Waals surface area contributed by atoms with Gasteiger partial charge in [0.15, 0.2) is 5.65 Å². The lowest BCUT2D eigenvalue weighted by atomic mass is 9.94. The van der Waals surface area contributed by atoms with Crippen LogP contribution in [-0.2, 0) is 4.79 Å². The third-order valence-corrected chi connectivity index (χ3v) is 6.34. The summed E-state index contributed by atoms with van der Waals surface area (Å²) in [5, 5.41) is 11.2. The van der Waals surface area contributed by atoms with E-state index in [4.69, 9.17) is 0 Å². The van der Waals surface area contributed by atoms with E-state index in [9.17, 15) is 4.79 Å². The summed E-state index contributed by atoms with van der Waals surface area (Å²) in [5.74, 6) is 6.60. The number of amides is 1. The highest BCUT2D eigenvalue weighted by Gasteiger charge is 2.18. The molecular formula is C28H23N7O. The van der Waals surface area contributed by atoms with Crippen LogP contribution in [-0.4, -0.2) is 30.5 Å². The zero-order valence-corrected chi connectivity index (χ0v) is 19.6. The van der Waals surface area contributed by atoms with Crippen LogP contribution in [0.15, 0.2) is 73.4 Å². The Bertz CT molecular complexity index is 1640. The maximum absolute atomic E-state index is 12.2. The molecule has 8 nitrogen and oxygen atoms in total. The Kier molecular flexibility index (Phi) is 5.51. The van der Waals surface area contributed by atoms with Crippen LogP contribution in [0.3, 0.4) is 0 Å². The lowest BCUT2D eigenvalue weighted by Gasteiger charge is -2.14. The van der Waals surface area contributed by atoms with Gasteiger partial charge in [0.2, 0.25) is 0 Å². The van der Waals surface area contributed by atoms with Gasteiger partial charge < -0.3 is 10.6 Å². The molecule has 36 heavy (non-hydrogen) atoms. The van der Waals surface area contributed by atoms with Gasteiger partial charge >= 0.3 is 0 Å². The molecule has 1 saturated carbocycles. The van der Waals surface area contributed by atoms with Crippen LogP contribution in [0.4, 0.5) is 17.2 Å². The Balaban J connectivity index is 1.21. The largest absolute Gasteiger partial charge is 0.340 e. The second-order valence-electron chi connectivity index (χ2n) is 8.94. The van der Waals surface area contributed by atoms with Crippen molar-refractivity contribution in [3.05, 3.63) is 84.6 Å². The number of carbonyl (C=O) groups excluding carboxylic acids is 1. The van der Waals surface area contributed by atoms with Crippen LogP contribution in [0.5, 0.6) is 0 Å². The van der Waals surface area contributed by atoms with E-state index in [1.807, 2.05) is 36.5 Å². The first-order valence-electron chi connectivity index (χ1n) is 11.9. The van der Waals surface area contributed by atoms with E-state index in [0.29, 0.717) is 17.4 Å². The molecule has 2 aromatic carbocycles. The van der Waals surface area contributed by atoms with E-state index in [-0.39, 0.29) is 11.8 Å². The number of benzene rings is 2. The molecule has 0 radical (unpaired) electrons. The minimum Gasteiger partial charge on any atom is -0.340 e. The second kappa shape index (κ2) is 9.12. The van der Waals surface area contributed by atoms with Crippen molar-refractivity contribution >= 4 is 39.6 Å². The number of aromatic nitrogens is 5. The van der Waals surface area contributed by atoms with Crippen LogP contribution in [0.2, 0.25) is 0 Å². The Morgan fingerprint density at radius 3 is 2.64 bits per heavy atom. The molecule has 5 aromatic rings. The smallest absolute Gasteiger partial charge is 0.300 e. The molecule has 0 spiro atoms. The van der Waals surface area contributed by atoms with E-state index in [0.717, 1.165) is 35.1 Å². The zero-order chi connectivity index (χ0) is 24.5. The van der Waals surface area contributed by atoms with Gasteiger partial charge in [-0.15, -0.1) is 0 Å². The predicted molar refractivity (Wildman–Crippen MR) is 139 cm³/mol. The Morgan fingerprint density at radius 1 is 0.972 bits per heavy atom. The first kappa shape index (κ1) is 21.7. The van der Waals surface area contributed by atoms with E-state index in [2.05, 4.69) is 73.7 Å².